The molecule has 1 aliphatic heterocycles. The van der Waals surface area contributed by atoms with Crippen molar-refractivity contribution < 1.29 is 35.8 Å². The van der Waals surface area contributed by atoms with Crippen molar-refractivity contribution in [3.63, 3.8) is 0 Å². The molecule has 2 aliphatic rings. The molecule has 0 unspecified atom stereocenters. The zero-order chi connectivity index (χ0) is 31.5. The molecule has 2 fully saturated rings. The fraction of sp³-hybridized carbons (Fsp3) is 0.571. The molecular weight excluding hydrogens is 587 g/mol. The molecule has 15 heteroatoms. The number of hydrogen-bond acceptors (Lipinski definition) is 7. The highest BCUT2D eigenvalue weighted by atomic mass is 32.2. The molecule has 4 heterocycles. The monoisotopic (exact) mass is 624 g/mol. The molecule has 0 radical (unpaired) electrons. The zero-order valence-corrected chi connectivity index (χ0v) is 25.9. The summed E-state index contributed by atoms with van der Waals surface area (Å²) in [6.07, 6.45) is -1.77. The maximum absolute atomic E-state index is 13.6. The van der Waals surface area contributed by atoms with Crippen LogP contribution in [0.1, 0.15) is 68.2 Å². The largest absolute Gasteiger partial charge is 0.477 e. The van der Waals surface area contributed by atoms with E-state index in [-0.39, 0.29) is 47.7 Å². The van der Waals surface area contributed by atoms with E-state index in [1.54, 1.807) is 31.8 Å². The number of nitrogens with one attached hydrogen (secondary N) is 2. The Morgan fingerprint density at radius 1 is 1.23 bits per heavy atom. The molecule has 234 valence electrons. The highest BCUT2D eigenvalue weighted by molar-refractivity contribution is 7.90. The molecule has 1 amide bonds. The summed E-state index contributed by atoms with van der Waals surface area (Å²) in [4.78, 5) is 20.3. The van der Waals surface area contributed by atoms with E-state index in [9.17, 15) is 26.4 Å². The van der Waals surface area contributed by atoms with Crippen LogP contribution in [-0.4, -0.2) is 59.1 Å². The number of aromatic nitrogens is 5. The molecule has 0 spiro atoms. The topological polar surface area (TPSA) is 126 Å². The predicted octanol–water partition coefficient (Wildman–Crippen LogP) is 3.89. The van der Waals surface area contributed by atoms with Gasteiger partial charge in [0.05, 0.1) is 23.3 Å². The van der Waals surface area contributed by atoms with Gasteiger partial charge in [0, 0.05) is 31.3 Å². The van der Waals surface area contributed by atoms with Gasteiger partial charge >= 0.3 is 6.18 Å². The number of aromatic amines is 1. The number of nitrogens with zero attached hydrogens (tertiary/aromatic N) is 5. The summed E-state index contributed by atoms with van der Waals surface area (Å²) in [6.45, 7) is 9.88. The highest BCUT2D eigenvalue weighted by Crippen LogP contribution is 2.59. The Bertz CT molecular complexity index is 1660. The summed E-state index contributed by atoms with van der Waals surface area (Å²) in [5, 5.41) is 7.25. The zero-order valence-electron chi connectivity index (χ0n) is 25.0. The number of aryl methyl sites for hydroxylation is 2. The average Bonchev–Trinajstić information content (AvgIpc) is 3.34. The number of halogens is 3. The van der Waals surface area contributed by atoms with E-state index in [4.69, 9.17) is 9.72 Å². The van der Waals surface area contributed by atoms with Crippen molar-refractivity contribution in [2.75, 3.05) is 18.1 Å². The SMILES string of the molecule is Cc1[nH][n+](C)c(C)c1S(=O)(=O)NC(=O)c1ccc(-n2ccc(OCCC3(C(F)(F)F)CC3)n2)nc1N1C[C@@H](C)CC1(C)C. The molecule has 0 bridgehead atoms. The van der Waals surface area contributed by atoms with Crippen LogP contribution in [0.3, 0.4) is 0 Å². The van der Waals surface area contributed by atoms with Crippen molar-refractivity contribution in [2.24, 2.45) is 18.4 Å². The number of sulfonamides is 1. The molecule has 11 nitrogen and oxygen atoms in total. The number of H-pyrrole nitrogens is 1. The third-order valence-corrected chi connectivity index (χ3v) is 10.1. The molecule has 2 N–H and O–H groups in total. The first-order chi connectivity index (χ1) is 19.9. The summed E-state index contributed by atoms with van der Waals surface area (Å²) in [6, 6.07) is 4.57. The van der Waals surface area contributed by atoms with Gasteiger partial charge in [-0.1, -0.05) is 6.92 Å². The first kappa shape index (κ1) is 30.8. The van der Waals surface area contributed by atoms with E-state index in [1.807, 2.05) is 18.7 Å². The first-order valence-corrected chi connectivity index (χ1v) is 15.6. The van der Waals surface area contributed by atoms with Gasteiger partial charge in [0.15, 0.2) is 17.8 Å². The second-order valence-corrected chi connectivity index (χ2v) is 14.0. The lowest BCUT2D eigenvalue weighted by Crippen LogP contribution is -2.41. The van der Waals surface area contributed by atoms with Crippen LogP contribution in [0.15, 0.2) is 29.3 Å². The Balaban J connectivity index is 1.42. The number of carbonyl (C=O) groups is 1. The molecule has 5 rings (SSSR count). The normalized spacial score (nSPS) is 19.5. The predicted molar refractivity (Wildman–Crippen MR) is 150 cm³/mol. The lowest BCUT2D eigenvalue weighted by molar-refractivity contribution is -0.733. The lowest BCUT2D eigenvalue weighted by atomic mass is 9.97. The molecule has 1 saturated heterocycles. The molecule has 1 atom stereocenters. The maximum Gasteiger partial charge on any atom is 0.394 e. The maximum atomic E-state index is 13.6. The van der Waals surface area contributed by atoms with Crippen LogP contribution in [0.5, 0.6) is 5.88 Å². The van der Waals surface area contributed by atoms with Gasteiger partial charge in [-0.15, -0.1) is 9.78 Å². The number of anilines is 1. The fourth-order valence-corrected chi connectivity index (χ4v) is 7.46. The number of carbonyl (C=O) groups excluding carboxylic acids is 1. The van der Waals surface area contributed by atoms with Gasteiger partial charge in [-0.05, 0) is 64.5 Å². The van der Waals surface area contributed by atoms with Crippen LogP contribution < -0.4 is 19.0 Å². The van der Waals surface area contributed by atoms with Crippen LogP contribution in [-0.2, 0) is 17.1 Å². The highest BCUT2D eigenvalue weighted by Gasteiger charge is 2.62. The Morgan fingerprint density at radius 2 is 1.93 bits per heavy atom. The van der Waals surface area contributed by atoms with Gasteiger partial charge in [0.25, 0.3) is 15.9 Å². The van der Waals surface area contributed by atoms with E-state index >= 15 is 0 Å². The van der Waals surface area contributed by atoms with Crippen LogP contribution in [0.4, 0.5) is 19.0 Å². The number of amides is 1. The van der Waals surface area contributed by atoms with Crippen LogP contribution in [0, 0.1) is 25.2 Å². The standard InChI is InChI=1S/C28H36F3N7O4S/c1-17-15-26(4,5)37(16-17)24-20(25(39)35-43(40,41)23-18(2)33-36(6)19(23)3)7-8-21(32-24)38-13-9-22(34-38)42-14-12-27(10-11-27)28(29,30)31/h7-9,13,17H,10-12,14-16H2,1-6H3,(H,35,39)/p+1/t17-/m0/s1. The second-order valence-electron chi connectivity index (χ2n) is 12.4. The third kappa shape index (κ3) is 5.83. The van der Waals surface area contributed by atoms with Gasteiger partial charge in [-0.3, -0.25) is 4.79 Å². The van der Waals surface area contributed by atoms with E-state index in [0.717, 1.165) is 6.42 Å². The van der Waals surface area contributed by atoms with Crippen molar-refractivity contribution in [1.82, 2.24) is 24.6 Å². The van der Waals surface area contributed by atoms with E-state index in [0.29, 0.717) is 35.5 Å². The molecule has 0 aromatic carbocycles. The summed E-state index contributed by atoms with van der Waals surface area (Å²) >= 11 is 0. The molecular formula is C28H37F3N7O4S+. The summed E-state index contributed by atoms with van der Waals surface area (Å²) in [5.41, 5.74) is -1.12. The minimum Gasteiger partial charge on any atom is -0.477 e. The first-order valence-electron chi connectivity index (χ1n) is 14.1. The summed E-state index contributed by atoms with van der Waals surface area (Å²) in [7, 11) is -2.53. The molecule has 43 heavy (non-hydrogen) atoms. The minimum atomic E-state index is -4.25. The van der Waals surface area contributed by atoms with Crippen LogP contribution in [0.2, 0.25) is 0 Å². The summed E-state index contributed by atoms with van der Waals surface area (Å²) < 4.78 is 77.0. The van der Waals surface area contributed by atoms with Crippen molar-refractivity contribution >= 4 is 21.7 Å². The van der Waals surface area contributed by atoms with Crippen molar-refractivity contribution in [3.8, 4) is 11.7 Å². The Labute approximate surface area is 248 Å². The number of alkyl halides is 3. The smallest absolute Gasteiger partial charge is 0.394 e. The fourth-order valence-electron chi connectivity index (χ4n) is 6.03. The van der Waals surface area contributed by atoms with E-state index in [2.05, 4.69) is 21.8 Å². The minimum absolute atomic E-state index is 0.00323. The van der Waals surface area contributed by atoms with Gasteiger partial charge in [0.1, 0.15) is 5.82 Å². The number of ether oxygens (including phenoxy) is 1. The average molecular weight is 625 g/mol. The molecule has 1 aliphatic carbocycles. The van der Waals surface area contributed by atoms with Crippen molar-refractivity contribution in [2.45, 2.75) is 76.9 Å². The summed E-state index contributed by atoms with van der Waals surface area (Å²) in [5.74, 6) is 0.246. The van der Waals surface area contributed by atoms with E-state index in [1.165, 1.54) is 22.9 Å². The van der Waals surface area contributed by atoms with Gasteiger partial charge in [-0.25, -0.2) is 22.8 Å². The Morgan fingerprint density at radius 3 is 2.49 bits per heavy atom. The van der Waals surface area contributed by atoms with Gasteiger partial charge < -0.3 is 9.64 Å². The molecule has 3 aromatic heterocycles. The van der Waals surface area contributed by atoms with E-state index < -0.39 is 27.5 Å². The van der Waals surface area contributed by atoms with Crippen molar-refractivity contribution in [3.05, 3.63) is 41.3 Å². The van der Waals surface area contributed by atoms with Gasteiger partial charge in [-0.2, -0.15) is 18.3 Å². The number of hydrogen-bond donors (Lipinski definition) is 2. The molecule has 1 saturated carbocycles. The van der Waals surface area contributed by atoms with Gasteiger partial charge in [0.2, 0.25) is 11.6 Å². The van der Waals surface area contributed by atoms with Crippen LogP contribution >= 0.6 is 0 Å². The second kappa shape index (κ2) is 10.5. The molecule has 3 aromatic rings. The lowest BCUT2D eigenvalue weighted by Gasteiger charge is -2.34. The Kier molecular flexibility index (Phi) is 7.55. The quantitative estimate of drug-likeness (QED) is 0.346. The number of rotatable bonds is 9. The Hall–Kier alpha value is -3.62. The third-order valence-electron chi connectivity index (χ3n) is 8.52. The number of pyridine rings is 1. The van der Waals surface area contributed by atoms with Crippen molar-refractivity contribution in [1.29, 1.82) is 0 Å². The van der Waals surface area contributed by atoms with Crippen LogP contribution in [0.25, 0.3) is 5.82 Å².